The van der Waals surface area contributed by atoms with Gasteiger partial charge in [0, 0.05) is 5.02 Å². The zero-order valence-corrected chi connectivity index (χ0v) is 13.9. The summed E-state index contributed by atoms with van der Waals surface area (Å²) in [4.78, 5) is 28.4. The average molecular weight is 341 g/mol. The lowest BCUT2D eigenvalue weighted by atomic mass is 9.97. The van der Waals surface area contributed by atoms with Gasteiger partial charge in [-0.25, -0.2) is 4.90 Å². The van der Waals surface area contributed by atoms with Crippen LogP contribution in [-0.2, 0) is 9.59 Å². The first-order valence-electron chi connectivity index (χ1n) is 7.53. The van der Waals surface area contributed by atoms with E-state index in [1.807, 2.05) is 0 Å². The highest BCUT2D eigenvalue weighted by Gasteiger charge is 2.43. The van der Waals surface area contributed by atoms with Gasteiger partial charge in [-0.15, -0.1) is 0 Å². The Balaban J connectivity index is 1.82. The molecule has 2 fully saturated rings. The van der Waals surface area contributed by atoms with Gasteiger partial charge in [-0.05, 0) is 50.0 Å². The summed E-state index contributed by atoms with van der Waals surface area (Å²) in [6.07, 6.45) is 2.37. The van der Waals surface area contributed by atoms with Crippen LogP contribution in [0.15, 0.2) is 18.2 Å². The summed E-state index contributed by atoms with van der Waals surface area (Å²) >= 11 is 12.0. The number of carbonyl (C=O) groups is 2. The van der Waals surface area contributed by atoms with E-state index in [0.717, 1.165) is 25.9 Å². The van der Waals surface area contributed by atoms with E-state index in [1.165, 1.54) is 4.90 Å². The van der Waals surface area contributed by atoms with Crippen LogP contribution in [0.4, 0.5) is 5.69 Å². The van der Waals surface area contributed by atoms with Crippen LogP contribution in [0.2, 0.25) is 10.0 Å². The fraction of sp³-hybridized carbons (Fsp3) is 0.500. The fourth-order valence-electron chi connectivity index (χ4n) is 3.16. The second-order valence-corrected chi connectivity index (χ2v) is 6.95. The van der Waals surface area contributed by atoms with E-state index < -0.39 is 0 Å². The molecule has 118 valence electrons. The Morgan fingerprint density at radius 2 is 1.82 bits per heavy atom. The van der Waals surface area contributed by atoms with Crippen molar-refractivity contribution in [3.05, 3.63) is 28.2 Å². The topological polar surface area (TPSA) is 40.6 Å². The second kappa shape index (κ2) is 6.19. The van der Waals surface area contributed by atoms with Gasteiger partial charge in [-0.2, -0.15) is 0 Å². The molecular weight excluding hydrogens is 323 g/mol. The van der Waals surface area contributed by atoms with Gasteiger partial charge in [0.1, 0.15) is 0 Å². The van der Waals surface area contributed by atoms with Gasteiger partial charge < -0.3 is 0 Å². The van der Waals surface area contributed by atoms with Crippen molar-refractivity contribution < 1.29 is 9.59 Å². The van der Waals surface area contributed by atoms with E-state index in [9.17, 15) is 9.59 Å². The molecule has 2 saturated heterocycles. The summed E-state index contributed by atoms with van der Waals surface area (Å²) in [6.45, 7) is 3.96. The van der Waals surface area contributed by atoms with Crippen molar-refractivity contribution in [3.63, 3.8) is 0 Å². The van der Waals surface area contributed by atoms with Gasteiger partial charge in [-0.3, -0.25) is 14.5 Å². The van der Waals surface area contributed by atoms with Gasteiger partial charge in [0.15, 0.2) is 0 Å². The number of benzene rings is 1. The Labute approximate surface area is 140 Å². The number of hydrogen-bond acceptors (Lipinski definition) is 3. The van der Waals surface area contributed by atoms with Crippen molar-refractivity contribution in [1.29, 1.82) is 0 Å². The third kappa shape index (κ3) is 2.87. The molecule has 2 aliphatic heterocycles. The Hall–Kier alpha value is -1.10. The Kier molecular flexibility index (Phi) is 4.44. The van der Waals surface area contributed by atoms with E-state index >= 15 is 0 Å². The molecule has 0 spiro atoms. The molecule has 0 bridgehead atoms. The highest BCUT2D eigenvalue weighted by Crippen LogP contribution is 2.34. The van der Waals surface area contributed by atoms with Crippen molar-refractivity contribution in [2.75, 3.05) is 18.0 Å². The van der Waals surface area contributed by atoms with Crippen molar-refractivity contribution >= 4 is 40.7 Å². The molecule has 1 atom stereocenters. The third-order valence-corrected chi connectivity index (χ3v) is 5.07. The molecule has 2 amide bonds. The number of carbonyl (C=O) groups excluding carboxylic acids is 2. The maximum absolute atomic E-state index is 12.7. The molecule has 1 aromatic rings. The third-order valence-electron chi connectivity index (χ3n) is 4.53. The fourth-order valence-corrected chi connectivity index (χ4v) is 3.65. The van der Waals surface area contributed by atoms with Crippen molar-refractivity contribution in [2.24, 2.45) is 5.92 Å². The summed E-state index contributed by atoms with van der Waals surface area (Å²) in [5, 5.41) is 0.802. The number of rotatable bonds is 2. The van der Waals surface area contributed by atoms with Crippen LogP contribution in [0.3, 0.4) is 0 Å². The van der Waals surface area contributed by atoms with Gasteiger partial charge in [0.05, 0.1) is 23.2 Å². The number of likely N-dealkylation sites (tertiary alicyclic amines) is 1. The standard InChI is InChI=1S/C16H18Cl2N2O2/c1-10-4-6-19(7-5-10)14-9-15(21)20(16(14)22)13-3-2-11(17)8-12(13)18/h2-3,8,10,14H,4-7,9H2,1H3/t14-/m1/s1. The molecule has 0 aromatic heterocycles. The van der Waals surface area contributed by atoms with Gasteiger partial charge in [0.2, 0.25) is 5.91 Å². The number of anilines is 1. The van der Waals surface area contributed by atoms with Crippen molar-refractivity contribution in [1.82, 2.24) is 4.90 Å². The predicted octanol–water partition coefficient (Wildman–Crippen LogP) is 3.36. The summed E-state index contributed by atoms with van der Waals surface area (Å²) < 4.78 is 0. The lowest BCUT2D eigenvalue weighted by molar-refractivity contribution is -0.123. The van der Waals surface area contributed by atoms with Gasteiger partial charge >= 0.3 is 0 Å². The molecule has 6 heteroatoms. The quantitative estimate of drug-likeness (QED) is 0.775. The van der Waals surface area contributed by atoms with Crippen LogP contribution in [0.1, 0.15) is 26.2 Å². The minimum atomic E-state index is -0.355. The number of nitrogens with zero attached hydrogens (tertiary/aromatic N) is 2. The average Bonchev–Trinajstić information content (AvgIpc) is 2.76. The first-order chi connectivity index (χ1) is 10.5. The maximum atomic E-state index is 12.7. The van der Waals surface area contributed by atoms with Gasteiger partial charge in [-0.1, -0.05) is 30.1 Å². The summed E-state index contributed by atoms with van der Waals surface area (Å²) in [7, 11) is 0. The van der Waals surface area contributed by atoms with E-state index in [0.29, 0.717) is 21.7 Å². The number of halogens is 2. The maximum Gasteiger partial charge on any atom is 0.251 e. The lowest BCUT2D eigenvalue weighted by Crippen LogP contribution is -2.45. The minimum absolute atomic E-state index is 0.177. The van der Waals surface area contributed by atoms with Crippen LogP contribution in [0.25, 0.3) is 0 Å². The van der Waals surface area contributed by atoms with Crippen molar-refractivity contribution in [2.45, 2.75) is 32.2 Å². The zero-order valence-electron chi connectivity index (χ0n) is 12.4. The number of piperidine rings is 1. The Morgan fingerprint density at radius 3 is 2.45 bits per heavy atom. The normalized spacial score (nSPS) is 24.3. The SMILES string of the molecule is CC1CCN([C@@H]2CC(=O)N(c3ccc(Cl)cc3Cl)C2=O)CC1. The van der Waals surface area contributed by atoms with Crippen LogP contribution in [0.5, 0.6) is 0 Å². The van der Waals surface area contributed by atoms with E-state index in [4.69, 9.17) is 23.2 Å². The molecule has 3 rings (SSSR count). The smallest absolute Gasteiger partial charge is 0.251 e. The molecule has 0 N–H and O–H groups in total. The second-order valence-electron chi connectivity index (χ2n) is 6.10. The lowest BCUT2D eigenvalue weighted by Gasteiger charge is -2.33. The number of imide groups is 1. The number of amides is 2. The molecular formula is C16H18Cl2N2O2. The molecule has 0 aliphatic carbocycles. The van der Waals surface area contributed by atoms with Crippen molar-refractivity contribution in [3.8, 4) is 0 Å². The van der Waals surface area contributed by atoms with E-state index in [1.54, 1.807) is 18.2 Å². The zero-order chi connectivity index (χ0) is 15.9. The predicted molar refractivity (Wildman–Crippen MR) is 87.3 cm³/mol. The van der Waals surface area contributed by atoms with Crippen LogP contribution < -0.4 is 4.90 Å². The molecule has 4 nitrogen and oxygen atoms in total. The molecule has 0 radical (unpaired) electrons. The highest BCUT2D eigenvalue weighted by atomic mass is 35.5. The summed E-state index contributed by atoms with van der Waals surface area (Å²) in [5.74, 6) is 0.312. The monoisotopic (exact) mass is 340 g/mol. The largest absolute Gasteiger partial charge is 0.292 e. The Morgan fingerprint density at radius 1 is 1.14 bits per heavy atom. The minimum Gasteiger partial charge on any atom is -0.292 e. The van der Waals surface area contributed by atoms with Gasteiger partial charge in [0.25, 0.3) is 5.91 Å². The Bertz CT molecular complexity index is 612. The molecule has 22 heavy (non-hydrogen) atoms. The van der Waals surface area contributed by atoms with E-state index in [2.05, 4.69) is 11.8 Å². The molecule has 2 aliphatic rings. The van der Waals surface area contributed by atoms with Crippen LogP contribution >= 0.6 is 23.2 Å². The first-order valence-corrected chi connectivity index (χ1v) is 8.29. The van der Waals surface area contributed by atoms with Crippen LogP contribution in [-0.4, -0.2) is 35.8 Å². The van der Waals surface area contributed by atoms with Crippen LogP contribution in [0, 0.1) is 5.92 Å². The number of hydrogen-bond donors (Lipinski definition) is 0. The molecule has 2 heterocycles. The van der Waals surface area contributed by atoms with E-state index in [-0.39, 0.29) is 24.3 Å². The molecule has 0 saturated carbocycles. The summed E-state index contributed by atoms with van der Waals surface area (Å²) in [5.41, 5.74) is 0.425. The first kappa shape index (κ1) is 15.8. The molecule has 1 aromatic carbocycles. The summed E-state index contributed by atoms with van der Waals surface area (Å²) in [6, 6.07) is 4.46. The molecule has 0 unspecified atom stereocenters. The highest BCUT2D eigenvalue weighted by molar-refractivity contribution is 6.38.